The molecule has 2 aromatic rings. The van der Waals surface area contributed by atoms with Crippen LogP contribution in [0.4, 0.5) is 4.39 Å². The highest BCUT2D eigenvalue weighted by Crippen LogP contribution is 2.22. The second kappa shape index (κ2) is 7.21. The van der Waals surface area contributed by atoms with Gasteiger partial charge in [0.15, 0.2) is 0 Å². The molecule has 0 aliphatic carbocycles. The third-order valence-electron chi connectivity index (χ3n) is 3.31. The van der Waals surface area contributed by atoms with Crippen molar-refractivity contribution in [2.45, 2.75) is 18.9 Å². The Bertz CT molecular complexity index is 588. The summed E-state index contributed by atoms with van der Waals surface area (Å²) in [5.41, 5.74) is 2.20. The number of benzene rings is 2. The first-order valence-corrected chi connectivity index (χ1v) is 7.62. The summed E-state index contributed by atoms with van der Waals surface area (Å²) in [7, 11) is 1.93. The number of rotatable bonds is 5. The van der Waals surface area contributed by atoms with Crippen molar-refractivity contribution in [1.82, 2.24) is 5.32 Å². The first-order valence-electron chi connectivity index (χ1n) is 6.44. The fourth-order valence-corrected chi connectivity index (χ4v) is 2.85. The minimum atomic E-state index is -0.300. The molecule has 0 amide bonds. The molecule has 0 heterocycles. The summed E-state index contributed by atoms with van der Waals surface area (Å²) < 4.78 is 14.2. The molecule has 0 spiro atoms. The van der Waals surface area contributed by atoms with Gasteiger partial charge in [0.05, 0.1) is 0 Å². The molecule has 0 aromatic heterocycles. The molecule has 0 aliphatic heterocycles. The van der Waals surface area contributed by atoms with Gasteiger partial charge in [0.2, 0.25) is 0 Å². The predicted molar refractivity (Wildman–Crippen MR) is 85.8 cm³/mol. The Labute approximate surface area is 132 Å². The van der Waals surface area contributed by atoms with Crippen molar-refractivity contribution in [1.29, 1.82) is 0 Å². The molecule has 1 unspecified atom stereocenters. The van der Waals surface area contributed by atoms with Crippen LogP contribution in [-0.4, -0.2) is 13.1 Å². The van der Waals surface area contributed by atoms with Gasteiger partial charge in [-0.15, -0.1) is 0 Å². The van der Waals surface area contributed by atoms with Crippen LogP contribution in [0.3, 0.4) is 0 Å². The molecular weight excluding hydrogens is 341 g/mol. The van der Waals surface area contributed by atoms with Gasteiger partial charge in [-0.3, -0.25) is 0 Å². The van der Waals surface area contributed by atoms with Crippen LogP contribution in [0.25, 0.3) is 0 Å². The Balaban J connectivity index is 2.11. The molecule has 0 bridgehead atoms. The second-order valence-corrected chi connectivity index (χ2v) is 5.98. The molecule has 0 aliphatic rings. The third kappa shape index (κ3) is 4.05. The maximum absolute atomic E-state index is 13.1. The van der Waals surface area contributed by atoms with Crippen molar-refractivity contribution in [2.24, 2.45) is 0 Å². The quantitative estimate of drug-likeness (QED) is 0.824. The molecule has 4 heteroatoms. The molecule has 2 aromatic carbocycles. The number of likely N-dealkylation sites (N-methyl/N-ethyl adjacent to an activating group) is 1. The van der Waals surface area contributed by atoms with E-state index in [4.69, 9.17) is 11.6 Å². The van der Waals surface area contributed by atoms with E-state index in [1.54, 1.807) is 6.07 Å². The second-order valence-electron chi connectivity index (χ2n) is 4.72. The van der Waals surface area contributed by atoms with Crippen LogP contribution in [0, 0.1) is 5.82 Å². The van der Waals surface area contributed by atoms with Crippen LogP contribution >= 0.6 is 27.5 Å². The standard InChI is InChI=1S/C16H16BrClFN/c1-20-14(8-11-4-2-3-5-15(11)17)9-12-6-7-13(19)10-16(12)18/h2-7,10,14,20H,8-9H2,1H3. The Morgan fingerprint density at radius 2 is 1.85 bits per heavy atom. The molecule has 1 atom stereocenters. The van der Waals surface area contributed by atoms with Gasteiger partial charge < -0.3 is 5.32 Å². The van der Waals surface area contributed by atoms with Crippen LogP contribution in [0.2, 0.25) is 5.02 Å². The van der Waals surface area contributed by atoms with Gasteiger partial charge in [-0.1, -0.05) is 51.8 Å². The molecule has 2 rings (SSSR count). The zero-order valence-corrected chi connectivity index (χ0v) is 13.5. The lowest BCUT2D eigenvalue weighted by molar-refractivity contribution is 0.554. The van der Waals surface area contributed by atoms with Crippen molar-refractivity contribution >= 4 is 27.5 Å². The van der Waals surface area contributed by atoms with Crippen molar-refractivity contribution in [3.63, 3.8) is 0 Å². The lowest BCUT2D eigenvalue weighted by Gasteiger charge is -2.18. The normalized spacial score (nSPS) is 12.4. The first-order chi connectivity index (χ1) is 9.60. The largest absolute Gasteiger partial charge is 0.316 e. The van der Waals surface area contributed by atoms with Gasteiger partial charge in [0.1, 0.15) is 5.82 Å². The Morgan fingerprint density at radius 1 is 1.15 bits per heavy atom. The Morgan fingerprint density at radius 3 is 2.50 bits per heavy atom. The lowest BCUT2D eigenvalue weighted by Crippen LogP contribution is -2.30. The zero-order chi connectivity index (χ0) is 14.5. The van der Waals surface area contributed by atoms with E-state index in [9.17, 15) is 4.39 Å². The van der Waals surface area contributed by atoms with E-state index in [1.807, 2.05) is 25.2 Å². The smallest absolute Gasteiger partial charge is 0.124 e. The fraction of sp³-hybridized carbons (Fsp3) is 0.250. The highest BCUT2D eigenvalue weighted by atomic mass is 79.9. The van der Waals surface area contributed by atoms with Crippen molar-refractivity contribution < 1.29 is 4.39 Å². The van der Waals surface area contributed by atoms with Gasteiger partial charge >= 0.3 is 0 Å². The van der Waals surface area contributed by atoms with Crippen LogP contribution in [0.1, 0.15) is 11.1 Å². The molecule has 0 saturated heterocycles. The summed E-state index contributed by atoms with van der Waals surface area (Å²) in [6.45, 7) is 0. The van der Waals surface area contributed by atoms with Gasteiger partial charge in [-0.25, -0.2) is 4.39 Å². The van der Waals surface area contributed by atoms with Crippen molar-refractivity contribution in [2.75, 3.05) is 7.05 Å². The predicted octanol–water partition coefficient (Wildman–Crippen LogP) is 4.61. The van der Waals surface area contributed by atoms with E-state index in [0.717, 1.165) is 22.9 Å². The average Bonchev–Trinajstić information content (AvgIpc) is 2.43. The molecule has 106 valence electrons. The van der Waals surface area contributed by atoms with Crippen molar-refractivity contribution in [3.8, 4) is 0 Å². The fourth-order valence-electron chi connectivity index (χ4n) is 2.16. The van der Waals surface area contributed by atoms with Gasteiger partial charge in [0, 0.05) is 15.5 Å². The van der Waals surface area contributed by atoms with Gasteiger partial charge in [-0.05, 0) is 49.2 Å². The summed E-state index contributed by atoms with van der Waals surface area (Å²) in [6.07, 6.45) is 1.64. The summed E-state index contributed by atoms with van der Waals surface area (Å²) >= 11 is 9.65. The van der Waals surface area contributed by atoms with E-state index in [1.165, 1.54) is 17.7 Å². The van der Waals surface area contributed by atoms with Crippen LogP contribution in [0.15, 0.2) is 46.9 Å². The highest BCUT2D eigenvalue weighted by Gasteiger charge is 2.12. The molecule has 20 heavy (non-hydrogen) atoms. The van der Waals surface area contributed by atoms with Gasteiger partial charge in [-0.2, -0.15) is 0 Å². The minimum absolute atomic E-state index is 0.247. The minimum Gasteiger partial charge on any atom is -0.316 e. The van der Waals surface area contributed by atoms with E-state index >= 15 is 0 Å². The average molecular weight is 357 g/mol. The lowest BCUT2D eigenvalue weighted by atomic mass is 9.99. The Kier molecular flexibility index (Phi) is 5.58. The first kappa shape index (κ1) is 15.5. The summed E-state index contributed by atoms with van der Waals surface area (Å²) in [4.78, 5) is 0. The van der Waals surface area contributed by atoms with E-state index in [2.05, 4.69) is 27.3 Å². The number of hydrogen-bond donors (Lipinski definition) is 1. The number of hydrogen-bond acceptors (Lipinski definition) is 1. The van der Waals surface area contributed by atoms with Crippen molar-refractivity contribution in [3.05, 3.63) is 68.9 Å². The van der Waals surface area contributed by atoms with Gasteiger partial charge in [0.25, 0.3) is 0 Å². The SMILES string of the molecule is CNC(Cc1ccc(F)cc1Cl)Cc1ccccc1Br. The van der Waals surface area contributed by atoms with Crippen LogP contribution in [-0.2, 0) is 12.8 Å². The van der Waals surface area contributed by atoms with E-state index < -0.39 is 0 Å². The Hall–Kier alpha value is -0.900. The highest BCUT2D eigenvalue weighted by molar-refractivity contribution is 9.10. The third-order valence-corrected chi connectivity index (χ3v) is 4.44. The summed E-state index contributed by atoms with van der Waals surface area (Å²) in [5.74, 6) is -0.300. The van der Waals surface area contributed by atoms with Crippen LogP contribution < -0.4 is 5.32 Å². The topological polar surface area (TPSA) is 12.0 Å². The van der Waals surface area contributed by atoms with Crippen LogP contribution in [0.5, 0.6) is 0 Å². The zero-order valence-electron chi connectivity index (χ0n) is 11.2. The molecule has 0 saturated carbocycles. The summed E-state index contributed by atoms with van der Waals surface area (Å²) in [6, 6.07) is 13.0. The summed E-state index contributed by atoms with van der Waals surface area (Å²) in [5, 5.41) is 3.78. The number of halogens is 3. The van der Waals surface area contributed by atoms with E-state index in [0.29, 0.717) is 5.02 Å². The maximum atomic E-state index is 13.1. The van der Waals surface area contributed by atoms with E-state index in [-0.39, 0.29) is 11.9 Å². The maximum Gasteiger partial charge on any atom is 0.124 e. The monoisotopic (exact) mass is 355 g/mol. The molecule has 1 nitrogen and oxygen atoms in total. The molecular formula is C16H16BrClFN. The number of nitrogens with one attached hydrogen (secondary N) is 1. The molecule has 1 N–H and O–H groups in total. The molecule has 0 radical (unpaired) electrons. The molecule has 0 fully saturated rings.